The molecule has 1 heterocycles. The molecule has 1 aliphatic heterocycles. The Bertz CT molecular complexity index is 730. The van der Waals surface area contributed by atoms with Crippen LogP contribution in [0.2, 0.25) is 0 Å². The molecule has 0 unspecified atom stereocenters. The molecule has 0 atom stereocenters. The number of nitrogens with zero attached hydrogens (tertiary/aromatic N) is 1. The summed E-state index contributed by atoms with van der Waals surface area (Å²) in [5.41, 5.74) is 1.10. The Balaban J connectivity index is 1.78. The van der Waals surface area contributed by atoms with Crippen LogP contribution in [0.15, 0.2) is 64.4 Å². The first-order valence-corrected chi connectivity index (χ1v) is 9.12. The van der Waals surface area contributed by atoms with Gasteiger partial charge in [-0.1, -0.05) is 32.0 Å². The molecule has 0 aromatic heterocycles. The van der Waals surface area contributed by atoms with Crippen molar-refractivity contribution < 1.29 is 8.42 Å². The lowest BCUT2D eigenvalue weighted by Crippen LogP contribution is -2.49. The van der Waals surface area contributed by atoms with Gasteiger partial charge in [0.05, 0.1) is 9.79 Å². The minimum atomic E-state index is -3.41. The van der Waals surface area contributed by atoms with Gasteiger partial charge in [-0.3, -0.25) is 0 Å². The molecule has 4 heteroatoms. The van der Waals surface area contributed by atoms with E-state index in [2.05, 4.69) is 18.7 Å². The second-order valence-corrected chi connectivity index (χ2v) is 8.17. The molecule has 2 aromatic rings. The van der Waals surface area contributed by atoms with Crippen molar-refractivity contribution in [3.05, 3.63) is 54.6 Å². The zero-order valence-corrected chi connectivity index (χ0v) is 13.8. The van der Waals surface area contributed by atoms with E-state index < -0.39 is 9.84 Å². The van der Waals surface area contributed by atoms with Gasteiger partial charge >= 0.3 is 0 Å². The molecule has 1 saturated heterocycles. The molecule has 0 N–H and O–H groups in total. The molecule has 0 spiro atoms. The molecule has 0 bridgehead atoms. The van der Waals surface area contributed by atoms with Crippen molar-refractivity contribution in [3.63, 3.8) is 0 Å². The van der Waals surface area contributed by atoms with Gasteiger partial charge in [0.1, 0.15) is 0 Å². The second kappa shape index (κ2) is 5.76. The first kappa shape index (κ1) is 15.1. The maximum atomic E-state index is 12.5. The zero-order valence-electron chi connectivity index (χ0n) is 12.9. The minimum absolute atomic E-state index is 0.339. The van der Waals surface area contributed by atoms with Gasteiger partial charge in [0.15, 0.2) is 0 Å². The summed E-state index contributed by atoms with van der Waals surface area (Å²) >= 11 is 0. The molecule has 0 aliphatic carbocycles. The third-order valence-corrected chi connectivity index (χ3v) is 6.20. The van der Waals surface area contributed by atoms with Crippen LogP contribution in [0.5, 0.6) is 0 Å². The van der Waals surface area contributed by atoms with Gasteiger partial charge in [-0.2, -0.15) is 0 Å². The lowest BCUT2D eigenvalue weighted by atomic mass is 9.88. The van der Waals surface area contributed by atoms with Crippen molar-refractivity contribution >= 4 is 15.5 Å². The van der Waals surface area contributed by atoms with Gasteiger partial charge < -0.3 is 4.90 Å². The molecule has 22 heavy (non-hydrogen) atoms. The fourth-order valence-electron chi connectivity index (χ4n) is 2.72. The SMILES string of the molecule is CC(C)C1CN(c2ccc(S(=O)(=O)c3ccccc3)cc2)C1. The molecule has 0 saturated carbocycles. The van der Waals surface area contributed by atoms with Crippen molar-refractivity contribution in [2.24, 2.45) is 11.8 Å². The normalized spacial score (nSPS) is 15.9. The fraction of sp³-hybridized carbons (Fsp3) is 0.333. The first-order chi connectivity index (χ1) is 10.5. The van der Waals surface area contributed by atoms with E-state index in [0.29, 0.717) is 15.7 Å². The summed E-state index contributed by atoms with van der Waals surface area (Å²) in [4.78, 5) is 2.98. The molecule has 0 radical (unpaired) electrons. The van der Waals surface area contributed by atoms with E-state index in [0.717, 1.165) is 24.7 Å². The van der Waals surface area contributed by atoms with E-state index in [1.165, 1.54) is 0 Å². The van der Waals surface area contributed by atoms with Gasteiger partial charge in [0.2, 0.25) is 9.84 Å². The monoisotopic (exact) mass is 315 g/mol. The summed E-state index contributed by atoms with van der Waals surface area (Å²) < 4.78 is 25.1. The van der Waals surface area contributed by atoms with Crippen LogP contribution in [-0.2, 0) is 9.84 Å². The fourth-order valence-corrected chi connectivity index (χ4v) is 4.00. The highest BCUT2D eigenvalue weighted by Gasteiger charge is 2.29. The molecule has 0 amide bonds. The van der Waals surface area contributed by atoms with Crippen LogP contribution in [0.25, 0.3) is 0 Å². The average molecular weight is 315 g/mol. The van der Waals surface area contributed by atoms with Gasteiger partial charge in [-0.25, -0.2) is 8.42 Å². The minimum Gasteiger partial charge on any atom is -0.371 e. The third kappa shape index (κ3) is 2.75. The Kier molecular flexibility index (Phi) is 3.96. The predicted molar refractivity (Wildman–Crippen MR) is 88.9 cm³/mol. The molecule has 1 fully saturated rings. The molecule has 3 rings (SSSR count). The Hall–Kier alpha value is -1.81. The number of sulfone groups is 1. The topological polar surface area (TPSA) is 37.4 Å². The highest BCUT2D eigenvalue weighted by molar-refractivity contribution is 7.91. The number of hydrogen-bond acceptors (Lipinski definition) is 3. The van der Waals surface area contributed by atoms with E-state index in [-0.39, 0.29) is 0 Å². The lowest BCUT2D eigenvalue weighted by molar-refractivity contribution is 0.310. The van der Waals surface area contributed by atoms with E-state index in [9.17, 15) is 8.42 Å². The van der Waals surface area contributed by atoms with Crippen molar-refractivity contribution in [2.75, 3.05) is 18.0 Å². The Morgan fingerprint density at radius 1 is 0.909 bits per heavy atom. The largest absolute Gasteiger partial charge is 0.371 e. The maximum absolute atomic E-state index is 12.5. The van der Waals surface area contributed by atoms with Crippen LogP contribution in [-0.4, -0.2) is 21.5 Å². The number of hydrogen-bond donors (Lipinski definition) is 0. The standard InChI is InChI=1S/C18H21NO2S/c1-14(2)15-12-19(13-15)16-8-10-18(11-9-16)22(20,21)17-6-4-3-5-7-17/h3-11,14-15H,12-13H2,1-2H3. The second-order valence-electron chi connectivity index (χ2n) is 6.22. The van der Waals surface area contributed by atoms with Crippen molar-refractivity contribution in [3.8, 4) is 0 Å². The highest BCUT2D eigenvalue weighted by Crippen LogP contribution is 2.30. The van der Waals surface area contributed by atoms with E-state index in [4.69, 9.17) is 0 Å². The third-order valence-electron chi connectivity index (χ3n) is 4.42. The summed E-state index contributed by atoms with van der Waals surface area (Å²) in [6.07, 6.45) is 0. The Morgan fingerprint density at radius 2 is 1.45 bits per heavy atom. The summed E-state index contributed by atoms with van der Waals surface area (Å²) in [6.45, 7) is 6.61. The lowest BCUT2D eigenvalue weighted by Gasteiger charge is -2.43. The predicted octanol–water partition coefficient (Wildman–Crippen LogP) is 3.61. The quantitative estimate of drug-likeness (QED) is 0.865. The van der Waals surface area contributed by atoms with Gasteiger partial charge in [0, 0.05) is 18.8 Å². The summed E-state index contributed by atoms with van der Waals surface area (Å²) in [6, 6.07) is 15.8. The summed E-state index contributed by atoms with van der Waals surface area (Å²) in [7, 11) is -3.41. The number of anilines is 1. The molecular formula is C18H21NO2S. The van der Waals surface area contributed by atoms with Gasteiger partial charge in [0.25, 0.3) is 0 Å². The zero-order chi connectivity index (χ0) is 15.7. The van der Waals surface area contributed by atoms with Crippen LogP contribution >= 0.6 is 0 Å². The highest BCUT2D eigenvalue weighted by atomic mass is 32.2. The number of rotatable bonds is 4. The van der Waals surface area contributed by atoms with Crippen molar-refractivity contribution in [1.29, 1.82) is 0 Å². The maximum Gasteiger partial charge on any atom is 0.206 e. The summed E-state index contributed by atoms with van der Waals surface area (Å²) in [5.74, 6) is 1.45. The van der Waals surface area contributed by atoms with Gasteiger partial charge in [-0.15, -0.1) is 0 Å². The van der Waals surface area contributed by atoms with Gasteiger partial charge in [-0.05, 0) is 48.2 Å². The molecule has 2 aromatic carbocycles. The van der Waals surface area contributed by atoms with E-state index >= 15 is 0 Å². The van der Waals surface area contributed by atoms with E-state index in [1.807, 2.05) is 18.2 Å². The van der Waals surface area contributed by atoms with Crippen LogP contribution in [0.3, 0.4) is 0 Å². The molecule has 116 valence electrons. The van der Waals surface area contributed by atoms with E-state index in [1.54, 1.807) is 36.4 Å². The molecular weight excluding hydrogens is 294 g/mol. The smallest absolute Gasteiger partial charge is 0.206 e. The Labute approximate surface area is 132 Å². The average Bonchev–Trinajstić information content (AvgIpc) is 2.47. The first-order valence-electron chi connectivity index (χ1n) is 7.63. The Morgan fingerprint density at radius 3 is 2.00 bits per heavy atom. The van der Waals surface area contributed by atoms with Crippen LogP contribution in [0.1, 0.15) is 13.8 Å². The van der Waals surface area contributed by atoms with Crippen molar-refractivity contribution in [1.82, 2.24) is 0 Å². The number of benzene rings is 2. The summed E-state index contributed by atoms with van der Waals surface area (Å²) in [5, 5.41) is 0. The van der Waals surface area contributed by atoms with Crippen LogP contribution < -0.4 is 4.90 Å². The molecule has 3 nitrogen and oxygen atoms in total. The molecule has 1 aliphatic rings. The van der Waals surface area contributed by atoms with Crippen LogP contribution in [0, 0.1) is 11.8 Å². The van der Waals surface area contributed by atoms with Crippen LogP contribution in [0.4, 0.5) is 5.69 Å². The van der Waals surface area contributed by atoms with Crippen molar-refractivity contribution in [2.45, 2.75) is 23.6 Å².